The maximum Gasteiger partial charge on any atom is 0.136 e. The van der Waals surface area contributed by atoms with Gasteiger partial charge < -0.3 is 4.42 Å². The predicted molar refractivity (Wildman–Crippen MR) is 187 cm³/mol. The summed E-state index contributed by atoms with van der Waals surface area (Å²) in [6, 6.07) is 48.4. The number of benzene rings is 7. The highest BCUT2D eigenvalue weighted by Gasteiger charge is 2.27. The Hall–Kier alpha value is -5.40. The summed E-state index contributed by atoms with van der Waals surface area (Å²) in [5.41, 5.74) is 8.37. The van der Waals surface area contributed by atoms with Crippen LogP contribution in [0.1, 0.15) is 24.0 Å². The number of allylic oxidation sites excluding steroid dienone is 4. The van der Waals surface area contributed by atoms with Crippen molar-refractivity contribution in [1.29, 1.82) is 0 Å². The van der Waals surface area contributed by atoms with Crippen LogP contribution in [0.2, 0.25) is 0 Å². The van der Waals surface area contributed by atoms with E-state index < -0.39 is 0 Å². The molecule has 1 heteroatoms. The molecule has 0 radical (unpaired) electrons. The van der Waals surface area contributed by atoms with Crippen LogP contribution in [0, 0.1) is 5.92 Å². The first-order valence-corrected chi connectivity index (χ1v) is 15.5. The Balaban J connectivity index is 1.27. The summed E-state index contributed by atoms with van der Waals surface area (Å²) in [7, 11) is 0. The Morgan fingerprint density at radius 1 is 0.500 bits per heavy atom. The van der Waals surface area contributed by atoms with E-state index in [0.717, 1.165) is 21.9 Å². The first-order valence-electron chi connectivity index (χ1n) is 15.5. The van der Waals surface area contributed by atoms with Crippen molar-refractivity contribution < 1.29 is 4.42 Å². The summed E-state index contributed by atoms with van der Waals surface area (Å²) in [4.78, 5) is 0. The second kappa shape index (κ2) is 9.82. The molecule has 0 amide bonds. The predicted octanol–water partition coefficient (Wildman–Crippen LogP) is 12.1. The highest BCUT2D eigenvalue weighted by molar-refractivity contribution is 6.20. The van der Waals surface area contributed by atoms with Crippen LogP contribution in [-0.2, 0) is 0 Å². The Morgan fingerprint density at radius 3 is 1.80 bits per heavy atom. The lowest BCUT2D eigenvalue weighted by Crippen LogP contribution is -2.13. The number of furan rings is 1. The molecular weight excluding hydrogens is 532 g/mol. The summed E-state index contributed by atoms with van der Waals surface area (Å²) in [5, 5.41) is 9.85. The van der Waals surface area contributed by atoms with Gasteiger partial charge in [-0.05, 0) is 90.3 Å². The van der Waals surface area contributed by atoms with Crippen molar-refractivity contribution in [3.63, 3.8) is 0 Å². The smallest absolute Gasteiger partial charge is 0.136 e. The van der Waals surface area contributed by atoms with E-state index in [0.29, 0.717) is 11.8 Å². The van der Waals surface area contributed by atoms with Crippen LogP contribution in [0.3, 0.4) is 0 Å². The van der Waals surface area contributed by atoms with Gasteiger partial charge in [0.2, 0.25) is 0 Å². The highest BCUT2D eigenvalue weighted by atomic mass is 16.3. The summed E-state index contributed by atoms with van der Waals surface area (Å²) in [5.74, 6) is 0.669. The van der Waals surface area contributed by atoms with Crippen LogP contribution in [-0.4, -0.2) is 0 Å². The molecule has 0 saturated heterocycles. The van der Waals surface area contributed by atoms with Crippen LogP contribution in [0.25, 0.3) is 71.0 Å². The first kappa shape index (κ1) is 25.1. The fraction of sp³-hybridized carbons (Fsp3) is 0.0698. The third-order valence-corrected chi connectivity index (χ3v) is 9.66. The number of rotatable bonds is 3. The number of hydrogen-bond donors (Lipinski definition) is 0. The highest BCUT2D eigenvalue weighted by Crippen LogP contribution is 2.47. The Labute approximate surface area is 256 Å². The number of fused-ring (bicyclic) bond motifs is 6. The van der Waals surface area contributed by atoms with E-state index in [1.165, 1.54) is 60.1 Å². The summed E-state index contributed by atoms with van der Waals surface area (Å²) in [6.07, 6.45) is 6.94. The van der Waals surface area contributed by atoms with Gasteiger partial charge in [-0.15, -0.1) is 0 Å². The van der Waals surface area contributed by atoms with E-state index in [2.05, 4.69) is 159 Å². The topological polar surface area (TPSA) is 13.1 Å². The SMILES string of the molecule is CC1C(c2c3ccccc3c(-c3ccc4c(c3)oc3cc5ccccc5cc34)c3ccccc23)=CC=CC1c1ccccc1. The first-order chi connectivity index (χ1) is 21.7. The van der Waals surface area contributed by atoms with Gasteiger partial charge in [0, 0.05) is 16.7 Å². The van der Waals surface area contributed by atoms with Crippen LogP contribution >= 0.6 is 0 Å². The standard InChI is InChI=1S/C43H30O/c1-27-32(28-12-3-2-4-13-28)20-11-21-33(27)43-37-18-9-7-16-35(37)42(36-17-8-10-19-38(36)43)31-22-23-34-39-24-29-14-5-6-15-30(29)25-41(39)44-40(34)26-31/h2-27,32H,1H3. The van der Waals surface area contributed by atoms with Crippen LogP contribution in [0.5, 0.6) is 0 Å². The minimum absolute atomic E-state index is 0.334. The maximum atomic E-state index is 6.52. The van der Waals surface area contributed by atoms with Crippen molar-refractivity contribution in [1.82, 2.24) is 0 Å². The average Bonchev–Trinajstić information content (AvgIpc) is 3.43. The van der Waals surface area contributed by atoms with Crippen molar-refractivity contribution in [2.45, 2.75) is 12.8 Å². The van der Waals surface area contributed by atoms with E-state index in [-0.39, 0.29) is 0 Å². The van der Waals surface area contributed by atoms with Crippen molar-refractivity contribution in [3.05, 3.63) is 163 Å². The third kappa shape index (κ3) is 3.79. The minimum Gasteiger partial charge on any atom is -0.456 e. The molecule has 208 valence electrons. The largest absolute Gasteiger partial charge is 0.456 e. The molecule has 0 aliphatic heterocycles. The van der Waals surface area contributed by atoms with Crippen molar-refractivity contribution in [3.8, 4) is 11.1 Å². The molecule has 1 aliphatic carbocycles. The molecule has 1 heterocycles. The zero-order valence-corrected chi connectivity index (χ0v) is 24.5. The summed E-state index contributed by atoms with van der Waals surface area (Å²) < 4.78 is 6.52. The molecule has 2 atom stereocenters. The molecule has 0 bridgehead atoms. The summed E-state index contributed by atoms with van der Waals surface area (Å²) >= 11 is 0. The molecule has 1 nitrogen and oxygen atoms in total. The minimum atomic E-state index is 0.334. The zero-order chi connectivity index (χ0) is 29.2. The van der Waals surface area contributed by atoms with Crippen LogP contribution < -0.4 is 0 Å². The Morgan fingerprint density at radius 2 is 1.09 bits per heavy atom. The molecule has 2 unspecified atom stereocenters. The van der Waals surface area contributed by atoms with Crippen LogP contribution in [0.15, 0.2) is 156 Å². The fourth-order valence-electron chi connectivity index (χ4n) is 7.54. The van der Waals surface area contributed by atoms with Gasteiger partial charge >= 0.3 is 0 Å². The summed E-state index contributed by atoms with van der Waals surface area (Å²) in [6.45, 7) is 2.38. The van der Waals surface area contributed by atoms with E-state index in [9.17, 15) is 0 Å². The van der Waals surface area contributed by atoms with E-state index >= 15 is 0 Å². The molecule has 9 rings (SSSR count). The lowest BCUT2D eigenvalue weighted by molar-refractivity contribution is 0.654. The molecule has 0 N–H and O–H groups in total. The van der Waals surface area contributed by atoms with Gasteiger partial charge in [0.25, 0.3) is 0 Å². The normalized spacial score (nSPS) is 16.8. The molecule has 0 fully saturated rings. The molecule has 1 aromatic heterocycles. The quantitative estimate of drug-likeness (QED) is 0.195. The lowest BCUT2D eigenvalue weighted by atomic mass is 9.74. The second-order valence-electron chi connectivity index (χ2n) is 12.1. The van der Waals surface area contributed by atoms with Crippen LogP contribution in [0.4, 0.5) is 0 Å². The van der Waals surface area contributed by atoms with Gasteiger partial charge in [-0.1, -0.05) is 134 Å². The molecule has 8 aromatic rings. The fourth-order valence-corrected chi connectivity index (χ4v) is 7.54. The van der Waals surface area contributed by atoms with E-state index in [1.54, 1.807) is 0 Å². The number of hydrogen-bond acceptors (Lipinski definition) is 1. The van der Waals surface area contributed by atoms with E-state index in [4.69, 9.17) is 4.42 Å². The molecular formula is C43H30O. The maximum absolute atomic E-state index is 6.52. The van der Waals surface area contributed by atoms with Gasteiger partial charge in [-0.2, -0.15) is 0 Å². The molecule has 0 saturated carbocycles. The van der Waals surface area contributed by atoms with Gasteiger partial charge in [-0.3, -0.25) is 0 Å². The van der Waals surface area contributed by atoms with Gasteiger partial charge in [-0.25, -0.2) is 0 Å². The van der Waals surface area contributed by atoms with Crippen molar-refractivity contribution >= 4 is 59.8 Å². The van der Waals surface area contributed by atoms with Gasteiger partial charge in [0.1, 0.15) is 11.2 Å². The third-order valence-electron chi connectivity index (χ3n) is 9.66. The van der Waals surface area contributed by atoms with Crippen molar-refractivity contribution in [2.75, 3.05) is 0 Å². The second-order valence-corrected chi connectivity index (χ2v) is 12.1. The Bertz CT molecular complexity index is 2400. The lowest BCUT2D eigenvalue weighted by Gasteiger charge is -2.29. The van der Waals surface area contributed by atoms with Gasteiger partial charge in [0.15, 0.2) is 0 Å². The van der Waals surface area contributed by atoms with E-state index in [1.807, 2.05) is 0 Å². The Kier molecular flexibility index (Phi) is 5.61. The monoisotopic (exact) mass is 562 g/mol. The van der Waals surface area contributed by atoms with Gasteiger partial charge in [0.05, 0.1) is 0 Å². The molecule has 44 heavy (non-hydrogen) atoms. The molecule has 1 aliphatic rings. The molecule has 7 aromatic carbocycles. The zero-order valence-electron chi connectivity index (χ0n) is 24.5. The average molecular weight is 563 g/mol. The van der Waals surface area contributed by atoms with Crippen molar-refractivity contribution in [2.24, 2.45) is 5.92 Å². The molecule has 0 spiro atoms.